The number of esters is 1. The van der Waals surface area contributed by atoms with Crippen molar-refractivity contribution in [3.8, 4) is 0 Å². The molecular weight excluding hydrogens is 424 g/mol. The minimum Gasteiger partial charge on any atom is -0.458 e. The van der Waals surface area contributed by atoms with Gasteiger partial charge in [0.1, 0.15) is 17.7 Å². The number of carbonyl (C=O) groups excluding carboxylic acids is 4. The molecule has 0 saturated carbocycles. The van der Waals surface area contributed by atoms with Gasteiger partial charge in [-0.1, -0.05) is 44.2 Å². The van der Waals surface area contributed by atoms with E-state index >= 15 is 0 Å². The lowest BCUT2D eigenvalue weighted by molar-refractivity contribution is -0.159. The first kappa shape index (κ1) is 28.1. The van der Waals surface area contributed by atoms with Crippen molar-refractivity contribution in [3.05, 3.63) is 35.9 Å². The van der Waals surface area contributed by atoms with Crippen LogP contribution in [-0.4, -0.2) is 47.4 Å². The molecule has 0 spiro atoms. The van der Waals surface area contributed by atoms with Gasteiger partial charge in [0.2, 0.25) is 17.7 Å². The van der Waals surface area contributed by atoms with Crippen molar-refractivity contribution in [1.82, 2.24) is 10.6 Å². The van der Waals surface area contributed by atoms with Crippen LogP contribution >= 0.6 is 0 Å². The van der Waals surface area contributed by atoms with Gasteiger partial charge in [-0.05, 0) is 45.1 Å². The maximum absolute atomic E-state index is 13.2. The Kier molecular flexibility index (Phi) is 11.0. The summed E-state index contributed by atoms with van der Waals surface area (Å²) in [5, 5.41) is 5.33. The Morgan fingerprint density at radius 3 is 2.06 bits per heavy atom. The van der Waals surface area contributed by atoms with Crippen LogP contribution < -0.4 is 22.1 Å². The first-order valence-corrected chi connectivity index (χ1v) is 11.2. The van der Waals surface area contributed by atoms with Crippen molar-refractivity contribution in [2.75, 3.05) is 0 Å². The summed E-state index contributed by atoms with van der Waals surface area (Å²) in [5.41, 5.74) is 11.3. The minimum absolute atomic E-state index is 0.0190. The van der Waals surface area contributed by atoms with Crippen molar-refractivity contribution in [2.45, 2.75) is 84.0 Å². The van der Waals surface area contributed by atoms with E-state index in [-0.39, 0.29) is 25.2 Å². The van der Waals surface area contributed by atoms with Crippen LogP contribution in [0.4, 0.5) is 0 Å². The first-order chi connectivity index (χ1) is 15.3. The molecule has 9 heteroatoms. The van der Waals surface area contributed by atoms with Crippen LogP contribution in [0.25, 0.3) is 0 Å². The number of nitrogens with one attached hydrogen (secondary N) is 2. The number of ether oxygens (including phenoxy) is 1. The maximum Gasteiger partial charge on any atom is 0.329 e. The van der Waals surface area contributed by atoms with E-state index in [2.05, 4.69) is 10.6 Å². The highest BCUT2D eigenvalue weighted by atomic mass is 16.6. The normalized spacial score (nSPS) is 14.2. The Morgan fingerprint density at radius 1 is 0.970 bits per heavy atom. The first-order valence-electron chi connectivity index (χ1n) is 11.2. The highest BCUT2D eigenvalue weighted by molar-refractivity contribution is 5.92. The van der Waals surface area contributed by atoms with Gasteiger partial charge in [0, 0.05) is 12.8 Å². The van der Waals surface area contributed by atoms with E-state index in [1.54, 1.807) is 20.8 Å². The maximum atomic E-state index is 13.2. The SMILES string of the molecule is CC(C)C[C@H](N)C(=O)N[C@@H](Cc1ccccc1)C(=O)N[C@@H](CCC(N)=O)C(=O)OC(C)(C)C. The number of hydrogen-bond acceptors (Lipinski definition) is 6. The van der Waals surface area contributed by atoms with E-state index in [1.807, 2.05) is 44.2 Å². The number of rotatable bonds is 12. The molecule has 0 bridgehead atoms. The second-order valence-corrected chi connectivity index (χ2v) is 9.59. The van der Waals surface area contributed by atoms with Crippen LogP contribution in [0.2, 0.25) is 0 Å². The molecule has 0 unspecified atom stereocenters. The molecule has 184 valence electrons. The summed E-state index contributed by atoms with van der Waals surface area (Å²) in [7, 11) is 0. The lowest BCUT2D eigenvalue weighted by Crippen LogP contribution is -2.56. The van der Waals surface area contributed by atoms with E-state index in [9.17, 15) is 19.2 Å². The van der Waals surface area contributed by atoms with Gasteiger partial charge in [-0.3, -0.25) is 14.4 Å². The lowest BCUT2D eigenvalue weighted by atomic mass is 10.0. The summed E-state index contributed by atoms with van der Waals surface area (Å²) < 4.78 is 5.38. The average Bonchev–Trinajstić information content (AvgIpc) is 2.69. The van der Waals surface area contributed by atoms with Crippen molar-refractivity contribution < 1.29 is 23.9 Å². The summed E-state index contributed by atoms with van der Waals surface area (Å²) in [6.07, 6.45) is 0.530. The summed E-state index contributed by atoms with van der Waals surface area (Å²) in [4.78, 5) is 49.7. The third-order valence-electron chi connectivity index (χ3n) is 4.66. The fraction of sp³-hybridized carbons (Fsp3) is 0.583. The summed E-state index contributed by atoms with van der Waals surface area (Å²) in [6.45, 7) is 9.00. The predicted molar refractivity (Wildman–Crippen MR) is 126 cm³/mol. The standard InChI is InChI=1S/C24H38N4O5/c1-15(2)13-17(25)21(30)28-19(14-16-9-7-6-8-10-16)22(31)27-18(11-12-20(26)29)23(32)33-24(3,4)5/h6-10,15,17-19H,11-14,25H2,1-5H3,(H2,26,29)(H,27,31)(H,28,30)/t17-,18-,19-/m0/s1. The molecule has 0 aliphatic rings. The Morgan fingerprint density at radius 2 is 1.55 bits per heavy atom. The van der Waals surface area contributed by atoms with Gasteiger partial charge in [-0.25, -0.2) is 4.79 Å². The molecule has 6 N–H and O–H groups in total. The number of primary amides is 1. The second kappa shape index (κ2) is 12.9. The highest BCUT2D eigenvalue weighted by Gasteiger charge is 2.31. The van der Waals surface area contributed by atoms with Crippen LogP contribution in [0, 0.1) is 5.92 Å². The van der Waals surface area contributed by atoms with Crippen molar-refractivity contribution in [2.24, 2.45) is 17.4 Å². The molecule has 3 atom stereocenters. The topological polar surface area (TPSA) is 154 Å². The molecule has 0 saturated heterocycles. The van der Waals surface area contributed by atoms with Gasteiger partial charge in [-0.15, -0.1) is 0 Å². The zero-order valence-electron chi connectivity index (χ0n) is 20.2. The van der Waals surface area contributed by atoms with Crippen molar-refractivity contribution in [3.63, 3.8) is 0 Å². The van der Waals surface area contributed by atoms with Gasteiger partial charge in [0.15, 0.2) is 0 Å². The fourth-order valence-electron chi connectivity index (χ4n) is 3.13. The molecule has 0 aliphatic heterocycles. The number of amides is 3. The Labute approximate surface area is 196 Å². The number of nitrogens with two attached hydrogens (primary N) is 2. The third kappa shape index (κ3) is 11.5. The zero-order chi connectivity index (χ0) is 25.2. The van der Waals surface area contributed by atoms with E-state index in [1.165, 1.54) is 0 Å². The molecule has 33 heavy (non-hydrogen) atoms. The molecule has 0 heterocycles. The smallest absolute Gasteiger partial charge is 0.329 e. The zero-order valence-corrected chi connectivity index (χ0v) is 20.2. The van der Waals surface area contributed by atoms with Gasteiger partial charge in [0.25, 0.3) is 0 Å². The highest BCUT2D eigenvalue weighted by Crippen LogP contribution is 2.12. The monoisotopic (exact) mass is 462 g/mol. The van der Waals surface area contributed by atoms with E-state index < -0.39 is 47.4 Å². The molecule has 9 nitrogen and oxygen atoms in total. The second-order valence-electron chi connectivity index (χ2n) is 9.59. The van der Waals surface area contributed by atoms with Crippen LogP contribution in [0.1, 0.15) is 59.4 Å². The van der Waals surface area contributed by atoms with Gasteiger partial charge >= 0.3 is 5.97 Å². The summed E-state index contributed by atoms with van der Waals surface area (Å²) >= 11 is 0. The molecule has 0 aliphatic carbocycles. The van der Waals surface area contributed by atoms with Crippen molar-refractivity contribution >= 4 is 23.7 Å². The van der Waals surface area contributed by atoms with Crippen LogP contribution in [-0.2, 0) is 30.3 Å². The van der Waals surface area contributed by atoms with E-state index in [0.29, 0.717) is 6.42 Å². The third-order valence-corrected chi connectivity index (χ3v) is 4.66. The van der Waals surface area contributed by atoms with Gasteiger partial charge in [0.05, 0.1) is 6.04 Å². The van der Waals surface area contributed by atoms with Crippen LogP contribution in [0.5, 0.6) is 0 Å². The quantitative estimate of drug-likeness (QED) is 0.342. The van der Waals surface area contributed by atoms with Crippen LogP contribution in [0.15, 0.2) is 30.3 Å². The van der Waals surface area contributed by atoms with E-state index in [4.69, 9.17) is 16.2 Å². The molecule has 1 aromatic carbocycles. The molecule has 1 aromatic rings. The molecular formula is C24H38N4O5. The number of carbonyl (C=O) groups is 4. The molecule has 3 amide bonds. The van der Waals surface area contributed by atoms with Gasteiger partial charge in [-0.2, -0.15) is 0 Å². The largest absolute Gasteiger partial charge is 0.458 e. The fourth-order valence-corrected chi connectivity index (χ4v) is 3.13. The predicted octanol–water partition coefficient (Wildman–Crippen LogP) is 1.18. The Bertz CT molecular complexity index is 805. The van der Waals surface area contributed by atoms with Gasteiger partial charge < -0.3 is 26.8 Å². The van der Waals surface area contributed by atoms with Crippen LogP contribution in [0.3, 0.4) is 0 Å². The lowest BCUT2D eigenvalue weighted by Gasteiger charge is -2.27. The number of hydrogen-bond donors (Lipinski definition) is 4. The minimum atomic E-state index is -1.09. The molecule has 1 rings (SSSR count). The Balaban J connectivity index is 3.06. The average molecular weight is 463 g/mol. The summed E-state index contributed by atoms with van der Waals surface area (Å²) in [5.74, 6) is -2.11. The molecule has 0 radical (unpaired) electrons. The summed E-state index contributed by atoms with van der Waals surface area (Å²) in [6, 6.07) is 6.32. The van der Waals surface area contributed by atoms with Crippen molar-refractivity contribution in [1.29, 1.82) is 0 Å². The van der Waals surface area contributed by atoms with E-state index in [0.717, 1.165) is 5.56 Å². The molecule has 0 aromatic heterocycles. The number of benzene rings is 1. The Hall–Kier alpha value is -2.94. The molecule has 0 fully saturated rings.